The molecule has 1 saturated heterocycles. The zero-order chi connectivity index (χ0) is 14.7. The van der Waals surface area contributed by atoms with Gasteiger partial charge in [0, 0.05) is 19.5 Å². The van der Waals surface area contributed by atoms with E-state index in [4.69, 9.17) is 5.11 Å². The van der Waals surface area contributed by atoms with Gasteiger partial charge in [0.25, 0.3) is 5.91 Å². The number of nitrogens with zero attached hydrogens (tertiary/aromatic N) is 1. The van der Waals surface area contributed by atoms with Gasteiger partial charge in [-0.1, -0.05) is 6.07 Å². The highest BCUT2D eigenvalue weighted by Gasteiger charge is 2.28. The van der Waals surface area contributed by atoms with Crippen molar-refractivity contribution >= 4 is 11.9 Å². The van der Waals surface area contributed by atoms with E-state index in [1.54, 1.807) is 0 Å². The van der Waals surface area contributed by atoms with Crippen molar-refractivity contribution in [3.8, 4) is 0 Å². The van der Waals surface area contributed by atoms with Crippen LogP contribution in [0.1, 0.15) is 29.6 Å². The number of likely N-dealkylation sites (tertiary alicyclic amines) is 1. The lowest BCUT2D eigenvalue weighted by atomic mass is 9.94. The van der Waals surface area contributed by atoms with Crippen molar-refractivity contribution in [2.24, 2.45) is 5.92 Å². The van der Waals surface area contributed by atoms with Crippen LogP contribution in [0.2, 0.25) is 0 Å². The van der Waals surface area contributed by atoms with Gasteiger partial charge < -0.3 is 10.0 Å². The lowest BCUT2D eigenvalue weighted by molar-refractivity contribution is -0.138. The molecule has 0 saturated carbocycles. The minimum absolute atomic E-state index is 0.0382. The van der Waals surface area contributed by atoms with Gasteiger partial charge in [-0.05, 0) is 30.9 Å². The van der Waals surface area contributed by atoms with Crippen LogP contribution in [0.5, 0.6) is 0 Å². The molecule has 0 spiro atoms. The van der Waals surface area contributed by atoms with Crippen LogP contribution in [0, 0.1) is 17.6 Å². The van der Waals surface area contributed by atoms with Crippen LogP contribution >= 0.6 is 0 Å². The number of aliphatic carboxylic acids is 1. The predicted molar refractivity (Wildman–Crippen MR) is 67.2 cm³/mol. The summed E-state index contributed by atoms with van der Waals surface area (Å²) in [6.07, 6.45) is 1.30. The molecule has 108 valence electrons. The first kappa shape index (κ1) is 14.4. The number of hydrogen-bond donors (Lipinski definition) is 1. The molecule has 4 nitrogen and oxygen atoms in total. The molecule has 20 heavy (non-hydrogen) atoms. The van der Waals surface area contributed by atoms with E-state index < -0.39 is 29.1 Å². The van der Waals surface area contributed by atoms with Gasteiger partial charge in [-0.15, -0.1) is 0 Å². The molecule has 1 unspecified atom stereocenters. The molecule has 0 aliphatic carbocycles. The Morgan fingerprint density at radius 2 is 1.95 bits per heavy atom. The molecule has 1 aliphatic heterocycles. The number of benzene rings is 1. The maximum atomic E-state index is 13.6. The zero-order valence-electron chi connectivity index (χ0n) is 10.8. The van der Waals surface area contributed by atoms with E-state index in [9.17, 15) is 18.4 Å². The number of halogens is 2. The quantitative estimate of drug-likeness (QED) is 0.926. The average Bonchev–Trinajstić information content (AvgIpc) is 2.38. The second-order valence-corrected chi connectivity index (χ2v) is 4.95. The predicted octanol–water partition coefficient (Wildman–Crippen LogP) is 2.29. The fraction of sp³-hybridized carbons (Fsp3) is 0.429. The normalized spacial score (nSPS) is 18.9. The van der Waals surface area contributed by atoms with Crippen LogP contribution in [-0.2, 0) is 4.79 Å². The van der Waals surface area contributed by atoms with Crippen molar-refractivity contribution in [3.63, 3.8) is 0 Å². The van der Waals surface area contributed by atoms with Gasteiger partial charge in [0.2, 0.25) is 0 Å². The highest BCUT2D eigenvalue weighted by atomic mass is 19.1. The highest BCUT2D eigenvalue weighted by molar-refractivity contribution is 5.94. The third kappa shape index (κ3) is 3.12. The minimum Gasteiger partial charge on any atom is -0.481 e. The molecule has 1 heterocycles. The number of carbonyl (C=O) groups is 2. The van der Waals surface area contributed by atoms with Gasteiger partial charge >= 0.3 is 5.97 Å². The van der Waals surface area contributed by atoms with E-state index >= 15 is 0 Å². The Kier molecular flexibility index (Phi) is 4.32. The Hall–Kier alpha value is -1.98. The van der Waals surface area contributed by atoms with E-state index in [0.29, 0.717) is 19.4 Å². The molecule has 1 aromatic carbocycles. The Morgan fingerprint density at radius 1 is 1.30 bits per heavy atom. The van der Waals surface area contributed by atoms with Gasteiger partial charge in [0.15, 0.2) is 0 Å². The molecule has 2 rings (SSSR count). The summed E-state index contributed by atoms with van der Waals surface area (Å²) in [6, 6.07) is 3.27. The monoisotopic (exact) mass is 283 g/mol. The average molecular weight is 283 g/mol. The van der Waals surface area contributed by atoms with Gasteiger partial charge in [-0.25, -0.2) is 8.78 Å². The summed E-state index contributed by atoms with van der Waals surface area (Å²) in [7, 11) is 0. The lowest BCUT2D eigenvalue weighted by Crippen LogP contribution is -2.41. The second-order valence-electron chi connectivity index (χ2n) is 4.95. The molecule has 0 radical (unpaired) electrons. The Bertz CT molecular complexity index is 513. The first-order chi connectivity index (χ1) is 9.49. The van der Waals surface area contributed by atoms with Crippen molar-refractivity contribution in [2.45, 2.75) is 19.3 Å². The molecule has 0 bridgehead atoms. The highest BCUT2D eigenvalue weighted by Crippen LogP contribution is 2.23. The van der Waals surface area contributed by atoms with Crippen LogP contribution < -0.4 is 0 Å². The molecule has 1 fully saturated rings. The summed E-state index contributed by atoms with van der Waals surface area (Å²) in [5.41, 5.74) is -0.566. The van der Waals surface area contributed by atoms with Crippen LogP contribution in [-0.4, -0.2) is 35.0 Å². The topological polar surface area (TPSA) is 57.6 Å². The van der Waals surface area contributed by atoms with Crippen molar-refractivity contribution < 1.29 is 23.5 Å². The fourth-order valence-corrected chi connectivity index (χ4v) is 2.52. The fourth-order valence-electron chi connectivity index (χ4n) is 2.52. The Morgan fingerprint density at radius 3 is 2.55 bits per heavy atom. The molecule has 1 amide bonds. The molecule has 1 aliphatic rings. The van der Waals surface area contributed by atoms with Gasteiger partial charge in [-0.3, -0.25) is 9.59 Å². The lowest BCUT2D eigenvalue weighted by Gasteiger charge is -2.32. The third-order valence-electron chi connectivity index (χ3n) is 3.45. The maximum absolute atomic E-state index is 13.6. The number of carboxylic acids is 1. The van der Waals surface area contributed by atoms with Gasteiger partial charge in [0.1, 0.15) is 17.2 Å². The van der Waals surface area contributed by atoms with Crippen molar-refractivity contribution in [1.29, 1.82) is 0 Å². The van der Waals surface area contributed by atoms with E-state index in [1.807, 2.05) is 0 Å². The van der Waals surface area contributed by atoms with Gasteiger partial charge in [-0.2, -0.15) is 0 Å². The van der Waals surface area contributed by atoms with Crippen molar-refractivity contribution in [1.82, 2.24) is 4.90 Å². The van der Waals surface area contributed by atoms with Crippen molar-refractivity contribution in [2.75, 3.05) is 13.1 Å². The van der Waals surface area contributed by atoms with Crippen molar-refractivity contribution in [3.05, 3.63) is 35.4 Å². The molecule has 1 aromatic rings. The Labute approximate surface area is 115 Å². The first-order valence-electron chi connectivity index (χ1n) is 6.44. The number of carboxylic acid groups (broad SMARTS) is 1. The summed E-state index contributed by atoms with van der Waals surface area (Å²) in [5, 5.41) is 8.77. The van der Waals surface area contributed by atoms with Crippen LogP contribution in [0.25, 0.3) is 0 Å². The van der Waals surface area contributed by atoms with E-state index in [1.165, 1.54) is 11.0 Å². The zero-order valence-corrected chi connectivity index (χ0v) is 10.8. The van der Waals surface area contributed by atoms with Crippen LogP contribution in [0.4, 0.5) is 8.78 Å². The third-order valence-corrected chi connectivity index (χ3v) is 3.45. The van der Waals surface area contributed by atoms with E-state index in [-0.39, 0.29) is 18.9 Å². The standard InChI is InChI=1S/C14H15F2NO3/c15-10-4-1-5-11(16)13(10)14(20)17-6-2-3-9(8-17)7-12(18)19/h1,4-5,9H,2-3,6-8H2,(H,18,19). The van der Waals surface area contributed by atoms with E-state index in [2.05, 4.69) is 0 Å². The number of rotatable bonds is 3. The Balaban J connectivity index is 2.14. The second kappa shape index (κ2) is 5.98. The number of piperidine rings is 1. The van der Waals surface area contributed by atoms with Gasteiger partial charge in [0.05, 0.1) is 0 Å². The summed E-state index contributed by atoms with van der Waals surface area (Å²) in [5.74, 6) is -3.59. The smallest absolute Gasteiger partial charge is 0.303 e. The van der Waals surface area contributed by atoms with E-state index in [0.717, 1.165) is 12.1 Å². The molecular weight excluding hydrogens is 268 g/mol. The number of amides is 1. The summed E-state index contributed by atoms with van der Waals surface area (Å²) in [6.45, 7) is 0.613. The molecular formula is C14H15F2NO3. The molecule has 6 heteroatoms. The summed E-state index contributed by atoms with van der Waals surface area (Å²) in [4.78, 5) is 24.2. The minimum atomic E-state index is -0.929. The molecule has 0 aromatic heterocycles. The summed E-state index contributed by atoms with van der Waals surface area (Å²) >= 11 is 0. The summed E-state index contributed by atoms with van der Waals surface area (Å²) < 4.78 is 27.2. The number of carbonyl (C=O) groups excluding carboxylic acids is 1. The number of hydrogen-bond acceptors (Lipinski definition) is 2. The molecule has 1 N–H and O–H groups in total. The maximum Gasteiger partial charge on any atom is 0.303 e. The SMILES string of the molecule is O=C(O)CC1CCCN(C(=O)c2c(F)cccc2F)C1. The first-order valence-corrected chi connectivity index (χ1v) is 6.44. The molecule has 1 atom stereocenters. The van der Waals surface area contributed by atoms with Crippen LogP contribution in [0.15, 0.2) is 18.2 Å². The van der Waals surface area contributed by atoms with Crippen LogP contribution in [0.3, 0.4) is 0 Å². The largest absolute Gasteiger partial charge is 0.481 e.